The molecular weight excluding hydrogens is 512 g/mol. The monoisotopic (exact) mass is 538 g/mol. The van der Waals surface area contributed by atoms with Crippen molar-refractivity contribution in [2.75, 3.05) is 44.3 Å². The molecule has 3 aromatic rings. The number of benzene rings is 2. The number of pyridine rings is 1. The van der Waals surface area contributed by atoms with E-state index in [9.17, 15) is 22.4 Å². The zero-order chi connectivity index (χ0) is 28.2. The fraction of sp³-hybridized carbons (Fsp3) is 0.250. The Balaban J connectivity index is 1.49. The zero-order valence-electron chi connectivity index (χ0n) is 21.1. The highest BCUT2D eigenvalue weighted by molar-refractivity contribution is 6.14. The Kier molecular flexibility index (Phi) is 8.28. The Labute approximate surface area is 223 Å². The number of hydrogen-bond donors (Lipinski definition) is 3. The maximum Gasteiger partial charge on any atom is 0.416 e. The summed E-state index contributed by atoms with van der Waals surface area (Å²) in [7, 11) is 1.97. The number of likely N-dealkylation sites (N-methyl/N-ethyl adjacent to an activating group) is 1. The number of hydrogen-bond acceptors (Lipinski definition) is 6. The fourth-order valence-corrected chi connectivity index (χ4v) is 4.10. The Hall–Kier alpha value is -4.27. The van der Waals surface area contributed by atoms with Gasteiger partial charge in [0, 0.05) is 61.9 Å². The van der Waals surface area contributed by atoms with Crippen molar-refractivity contribution in [1.29, 1.82) is 5.41 Å². The second kappa shape index (κ2) is 11.6. The number of piperazine rings is 1. The highest BCUT2D eigenvalue weighted by atomic mass is 19.4. The number of aromatic nitrogens is 1. The number of nitrogens with one attached hydrogen (secondary N) is 2. The molecular formula is C28H26F4N6O. The molecule has 1 fully saturated rings. The number of halogens is 4. The second-order valence-electron chi connectivity index (χ2n) is 9.19. The van der Waals surface area contributed by atoms with Gasteiger partial charge in [0.25, 0.3) is 5.91 Å². The average Bonchev–Trinajstić information content (AvgIpc) is 2.90. The van der Waals surface area contributed by atoms with Crippen LogP contribution in [0.15, 0.2) is 54.9 Å². The molecule has 1 aromatic heterocycles. The molecule has 0 unspecified atom stereocenters. The molecule has 4 N–H and O–H groups in total. The lowest BCUT2D eigenvalue weighted by Gasteiger charge is -2.33. The normalized spacial score (nSPS) is 14.4. The molecule has 4 rings (SSSR count). The van der Waals surface area contributed by atoms with Gasteiger partial charge in [0.05, 0.1) is 16.8 Å². The minimum absolute atomic E-state index is 0.00528. The third kappa shape index (κ3) is 6.98. The Morgan fingerprint density at radius 2 is 1.87 bits per heavy atom. The molecule has 1 aliphatic heterocycles. The number of carbonyl (C=O) groups is 1. The van der Waals surface area contributed by atoms with Gasteiger partial charge in [-0.3, -0.25) is 20.1 Å². The summed E-state index contributed by atoms with van der Waals surface area (Å²) in [5, 5.41) is 10.6. The van der Waals surface area contributed by atoms with E-state index in [0.717, 1.165) is 19.2 Å². The molecule has 11 heteroatoms. The number of carbonyl (C=O) groups excluding carboxylic acids is 1. The Bertz CT molecular complexity index is 1450. The molecule has 2 aromatic carbocycles. The molecule has 0 aliphatic carbocycles. The van der Waals surface area contributed by atoms with Crippen LogP contribution in [-0.4, -0.2) is 59.6 Å². The second-order valence-corrected chi connectivity index (χ2v) is 9.19. The van der Waals surface area contributed by atoms with Gasteiger partial charge in [0.1, 0.15) is 11.5 Å². The molecule has 1 aliphatic rings. The summed E-state index contributed by atoms with van der Waals surface area (Å²) in [6.07, 6.45) is -1.97. The van der Waals surface area contributed by atoms with Gasteiger partial charge >= 0.3 is 6.18 Å². The van der Waals surface area contributed by atoms with Gasteiger partial charge in [-0.25, -0.2) is 4.39 Å². The average molecular weight is 539 g/mol. The summed E-state index contributed by atoms with van der Waals surface area (Å²) in [4.78, 5) is 20.9. The number of rotatable bonds is 5. The van der Waals surface area contributed by atoms with Crippen LogP contribution in [-0.2, 0) is 12.7 Å². The molecule has 1 amide bonds. The first-order valence-corrected chi connectivity index (χ1v) is 12.0. The lowest BCUT2D eigenvalue weighted by atomic mass is 10.0. The van der Waals surface area contributed by atoms with Crippen molar-refractivity contribution in [3.05, 3.63) is 88.5 Å². The van der Waals surface area contributed by atoms with E-state index in [4.69, 9.17) is 11.1 Å². The van der Waals surface area contributed by atoms with Crippen molar-refractivity contribution >= 4 is 23.0 Å². The third-order valence-corrected chi connectivity index (χ3v) is 6.32. The molecule has 0 saturated carbocycles. The van der Waals surface area contributed by atoms with Crippen molar-refractivity contribution in [1.82, 2.24) is 14.8 Å². The number of alkyl halides is 3. The zero-order valence-corrected chi connectivity index (χ0v) is 21.1. The number of nitrogens with two attached hydrogens (primary N) is 1. The van der Waals surface area contributed by atoms with Gasteiger partial charge in [-0.1, -0.05) is 18.1 Å². The van der Waals surface area contributed by atoms with E-state index in [-0.39, 0.29) is 45.9 Å². The molecule has 202 valence electrons. The van der Waals surface area contributed by atoms with Crippen molar-refractivity contribution in [3.63, 3.8) is 0 Å². The first kappa shape index (κ1) is 27.8. The Morgan fingerprint density at radius 1 is 1.13 bits per heavy atom. The van der Waals surface area contributed by atoms with Crippen molar-refractivity contribution in [2.24, 2.45) is 0 Å². The lowest BCUT2D eigenvalue weighted by Crippen LogP contribution is -2.44. The van der Waals surface area contributed by atoms with Crippen LogP contribution in [0.5, 0.6) is 0 Å². The predicted molar refractivity (Wildman–Crippen MR) is 141 cm³/mol. The molecule has 0 bridgehead atoms. The SMILES string of the molecule is CN1CCN(Cc2ccc(NC(=O)c3cncc(C#CC(=N)c4cccc(F)c4N)c3)cc2C(F)(F)F)CC1. The quantitative estimate of drug-likeness (QED) is 0.195. The first-order chi connectivity index (χ1) is 18.5. The van der Waals surface area contributed by atoms with Crippen LogP contribution in [0.25, 0.3) is 0 Å². The standard InChI is InChI=1S/C28H26F4N6O/c1-37-9-11-38(12-10-37)17-19-6-7-21(14-23(19)28(30,31)32)36-27(39)20-13-18(15-35-16-20)5-8-25(33)22-3-2-4-24(29)26(22)34/h2-4,6-7,13-16,33H,9-12,17,34H2,1H3,(H,36,39). The molecule has 39 heavy (non-hydrogen) atoms. The number of amides is 1. The number of nitrogen functional groups attached to an aromatic ring is 1. The van der Waals surface area contributed by atoms with Crippen LogP contribution < -0.4 is 11.1 Å². The van der Waals surface area contributed by atoms with Gasteiger partial charge in [-0.2, -0.15) is 13.2 Å². The van der Waals surface area contributed by atoms with Crippen LogP contribution in [0.3, 0.4) is 0 Å². The van der Waals surface area contributed by atoms with E-state index in [1.54, 1.807) is 0 Å². The molecule has 0 atom stereocenters. The predicted octanol–water partition coefficient (Wildman–Crippen LogP) is 4.24. The summed E-state index contributed by atoms with van der Waals surface area (Å²) in [6.45, 7) is 3.08. The van der Waals surface area contributed by atoms with E-state index in [1.807, 2.05) is 11.9 Å². The molecule has 2 heterocycles. The lowest BCUT2D eigenvalue weighted by molar-refractivity contribution is -0.138. The van der Waals surface area contributed by atoms with Gasteiger partial charge in [-0.15, -0.1) is 0 Å². The highest BCUT2D eigenvalue weighted by Crippen LogP contribution is 2.34. The summed E-state index contributed by atoms with van der Waals surface area (Å²) < 4.78 is 55.3. The minimum atomic E-state index is -4.59. The molecule has 0 spiro atoms. The maximum atomic E-state index is 13.9. The summed E-state index contributed by atoms with van der Waals surface area (Å²) >= 11 is 0. The number of anilines is 2. The number of nitrogens with zero attached hydrogens (tertiary/aromatic N) is 3. The van der Waals surface area contributed by atoms with Crippen LogP contribution in [0.4, 0.5) is 28.9 Å². The smallest absolute Gasteiger partial charge is 0.396 e. The third-order valence-electron chi connectivity index (χ3n) is 6.32. The largest absolute Gasteiger partial charge is 0.416 e. The maximum absolute atomic E-state index is 13.9. The minimum Gasteiger partial charge on any atom is -0.396 e. The summed E-state index contributed by atoms with van der Waals surface area (Å²) in [5.74, 6) is 3.89. The van der Waals surface area contributed by atoms with Crippen molar-refractivity contribution < 1.29 is 22.4 Å². The van der Waals surface area contributed by atoms with Gasteiger partial charge < -0.3 is 16.0 Å². The van der Waals surface area contributed by atoms with Crippen molar-refractivity contribution in [3.8, 4) is 11.8 Å². The van der Waals surface area contributed by atoms with E-state index >= 15 is 0 Å². The highest BCUT2D eigenvalue weighted by Gasteiger charge is 2.34. The Morgan fingerprint density at radius 3 is 2.59 bits per heavy atom. The van der Waals surface area contributed by atoms with Gasteiger partial charge in [0.2, 0.25) is 0 Å². The summed E-state index contributed by atoms with van der Waals surface area (Å²) in [6, 6.07) is 9.20. The molecule has 7 nitrogen and oxygen atoms in total. The summed E-state index contributed by atoms with van der Waals surface area (Å²) in [5.41, 5.74) is 5.05. The van der Waals surface area contributed by atoms with Crippen molar-refractivity contribution in [2.45, 2.75) is 12.7 Å². The fourth-order valence-electron chi connectivity index (χ4n) is 4.10. The van der Waals surface area contributed by atoms with Crippen LogP contribution in [0.1, 0.15) is 32.6 Å². The topological polar surface area (TPSA) is 98.3 Å². The van der Waals surface area contributed by atoms with E-state index in [1.165, 1.54) is 48.8 Å². The van der Waals surface area contributed by atoms with Gasteiger partial charge in [0.15, 0.2) is 0 Å². The van der Waals surface area contributed by atoms with Crippen LogP contribution in [0.2, 0.25) is 0 Å². The molecule has 1 saturated heterocycles. The molecule has 0 radical (unpaired) electrons. The van der Waals surface area contributed by atoms with Gasteiger partial charge in [-0.05, 0) is 48.9 Å². The van der Waals surface area contributed by atoms with Crippen LogP contribution >= 0.6 is 0 Å². The van der Waals surface area contributed by atoms with E-state index < -0.39 is 23.5 Å². The van der Waals surface area contributed by atoms with Crippen LogP contribution in [0, 0.1) is 23.1 Å². The first-order valence-electron chi connectivity index (χ1n) is 12.0. The van der Waals surface area contributed by atoms with E-state index in [2.05, 4.69) is 27.0 Å². The number of para-hydroxylation sites is 1. The van der Waals surface area contributed by atoms with E-state index in [0.29, 0.717) is 13.1 Å².